The second kappa shape index (κ2) is 7.58. The fraction of sp³-hybridized carbons (Fsp3) is 0.385. The predicted molar refractivity (Wildman–Crippen MR) is 78.4 cm³/mol. The van der Waals surface area contributed by atoms with Crippen molar-refractivity contribution in [2.75, 3.05) is 19.6 Å². The van der Waals surface area contributed by atoms with Gasteiger partial charge in [-0.2, -0.15) is 0 Å². The fourth-order valence-corrected chi connectivity index (χ4v) is 2.04. The zero-order chi connectivity index (χ0) is 16.0. The minimum atomic E-state index is -0.699. The molecule has 21 heavy (non-hydrogen) atoms. The zero-order valence-electron chi connectivity index (χ0n) is 11.8. The Hall–Kier alpha value is -2.15. The maximum absolute atomic E-state index is 12.4. The van der Waals surface area contributed by atoms with Crippen molar-refractivity contribution in [3.8, 4) is 0 Å². The number of rotatable bonds is 6. The van der Waals surface area contributed by atoms with Gasteiger partial charge in [-0.1, -0.05) is 17.7 Å². The smallest absolute Gasteiger partial charge is 0.300 e. The number of halogens is 1. The third kappa shape index (κ3) is 4.16. The molecule has 0 unspecified atom stereocenters. The molecule has 0 atom stereocenters. The van der Waals surface area contributed by atoms with Crippen LogP contribution in [0.1, 0.15) is 24.2 Å². The number of para-hydroxylation sites is 1. The van der Waals surface area contributed by atoms with Gasteiger partial charge in [0.25, 0.3) is 5.91 Å². The van der Waals surface area contributed by atoms with E-state index in [2.05, 4.69) is 5.32 Å². The van der Waals surface area contributed by atoms with Crippen LogP contribution >= 0.6 is 11.6 Å². The normalized spacial score (nSPS) is 10.0. The molecule has 8 heteroatoms. The van der Waals surface area contributed by atoms with Gasteiger partial charge < -0.3 is 10.2 Å². The third-order valence-electron chi connectivity index (χ3n) is 2.78. The average molecular weight is 314 g/mol. The topological polar surface area (TPSA) is 92.6 Å². The van der Waals surface area contributed by atoms with Crippen LogP contribution in [0.3, 0.4) is 0 Å². The Morgan fingerprint density at radius 1 is 1.38 bits per heavy atom. The van der Waals surface area contributed by atoms with Gasteiger partial charge in [0.2, 0.25) is 5.91 Å². The number of carbonyl (C=O) groups excluding carboxylic acids is 2. The van der Waals surface area contributed by atoms with Crippen LogP contribution in [-0.4, -0.2) is 41.3 Å². The summed E-state index contributed by atoms with van der Waals surface area (Å²) in [6, 6.07) is 4.13. The first-order valence-electron chi connectivity index (χ1n) is 6.41. The fourth-order valence-electron chi connectivity index (χ4n) is 1.80. The number of amides is 2. The number of hydrogen-bond donors (Lipinski definition) is 1. The predicted octanol–water partition coefficient (Wildman–Crippen LogP) is 1.85. The van der Waals surface area contributed by atoms with Gasteiger partial charge in [0.15, 0.2) is 0 Å². The molecule has 0 aliphatic rings. The lowest BCUT2D eigenvalue weighted by Crippen LogP contribution is -2.40. The van der Waals surface area contributed by atoms with Crippen molar-refractivity contribution in [3.63, 3.8) is 0 Å². The van der Waals surface area contributed by atoms with Gasteiger partial charge in [-0.05, 0) is 26.0 Å². The van der Waals surface area contributed by atoms with E-state index in [-0.39, 0.29) is 29.6 Å². The van der Waals surface area contributed by atoms with Gasteiger partial charge in [-0.15, -0.1) is 0 Å². The van der Waals surface area contributed by atoms with Crippen LogP contribution < -0.4 is 5.32 Å². The average Bonchev–Trinajstić information content (AvgIpc) is 2.43. The molecule has 0 aliphatic carbocycles. The molecule has 0 aromatic heterocycles. The second-order valence-electron chi connectivity index (χ2n) is 4.17. The lowest BCUT2D eigenvalue weighted by molar-refractivity contribution is -0.385. The summed E-state index contributed by atoms with van der Waals surface area (Å²) in [6.07, 6.45) is 0. The van der Waals surface area contributed by atoms with E-state index < -0.39 is 16.5 Å². The molecule has 114 valence electrons. The van der Waals surface area contributed by atoms with Crippen LogP contribution in [0.25, 0.3) is 0 Å². The molecule has 0 bridgehead atoms. The minimum absolute atomic E-state index is 0.111. The van der Waals surface area contributed by atoms with E-state index in [1.165, 1.54) is 23.1 Å². The highest BCUT2D eigenvalue weighted by Gasteiger charge is 2.27. The SMILES string of the molecule is CCNC(=O)CN(CC)C(=O)c1cccc(Cl)c1[N+](=O)[O-]. The Morgan fingerprint density at radius 2 is 2.05 bits per heavy atom. The second-order valence-corrected chi connectivity index (χ2v) is 4.57. The van der Waals surface area contributed by atoms with E-state index in [1.807, 2.05) is 0 Å². The molecule has 1 rings (SSSR count). The molecule has 0 radical (unpaired) electrons. The molecular weight excluding hydrogens is 298 g/mol. The summed E-state index contributed by atoms with van der Waals surface area (Å²) >= 11 is 5.78. The first-order valence-corrected chi connectivity index (χ1v) is 6.79. The van der Waals surface area contributed by atoms with E-state index in [0.717, 1.165) is 0 Å². The lowest BCUT2D eigenvalue weighted by atomic mass is 10.1. The summed E-state index contributed by atoms with van der Waals surface area (Å²) in [5, 5.41) is 13.5. The Bertz CT molecular complexity index is 562. The van der Waals surface area contributed by atoms with Crippen molar-refractivity contribution in [3.05, 3.63) is 38.9 Å². The first kappa shape index (κ1) is 16.9. The summed E-state index contributed by atoms with van der Waals surface area (Å²) < 4.78 is 0. The van der Waals surface area contributed by atoms with Crippen molar-refractivity contribution >= 4 is 29.1 Å². The molecule has 7 nitrogen and oxygen atoms in total. The van der Waals surface area contributed by atoms with Crippen LogP contribution in [0.15, 0.2) is 18.2 Å². The van der Waals surface area contributed by atoms with Gasteiger partial charge in [0.1, 0.15) is 10.6 Å². The van der Waals surface area contributed by atoms with E-state index in [9.17, 15) is 19.7 Å². The number of benzene rings is 1. The van der Waals surface area contributed by atoms with Crippen molar-refractivity contribution in [1.82, 2.24) is 10.2 Å². The first-order chi connectivity index (χ1) is 9.92. The van der Waals surface area contributed by atoms with Crippen molar-refractivity contribution < 1.29 is 14.5 Å². The van der Waals surface area contributed by atoms with Gasteiger partial charge in [0, 0.05) is 13.1 Å². The molecule has 0 aliphatic heterocycles. The highest BCUT2D eigenvalue weighted by atomic mass is 35.5. The molecular formula is C13H16ClN3O4. The van der Waals surface area contributed by atoms with Crippen LogP contribution in [0, 0.1) is 10.1 Å². The molecule has 0 fully saturated rings. The molecule has 0 spiro atoms. The minimum Gasteiger partial charge on any atom is -0.355 e. The highest BCUT2D eigenvalue weighted by Crippen LogP contribution is 2.29. The molecule has 2 amide bonds. The van der Waals surface area contributed by atoms with Crippen LogP contribution in [0.5, 0.6) is 0 Å². The summed E-state index contributed by atoms with van der Waals surface area (Å²) in [7, 11) is 0. The van der Waals surface area contributed by atoms with Crippen LogP contribution in [-0.2, 0) is 4.79 Å². The summed E-state index contributed by atoms with van der Waals surface area (Å²) in [5.41, 5.74) is -0.572. The molecule has 1 aromatic rings. The van der Waals surface area contributed by atoms with Crippen molar-refractivity contribution in [2.24, 2.45) is 0 Å². The Labute approximate surface area is 127 Å². The number of nitro groups is 1. The number of nitrogens with one attached hydrogen (secondary N) is 1. The quantitative estimate of drug-likeness (QED) is 0.640. The van der Waals surface area contributed by atoms with Gasteiger partial charge in [-0.3, -0.25) is 19.7 Å². The monoisotopic (exact) mass is 313 g/mol. The molecule has 1 aromatic carbocycles. The molecule has 0 saturated heterocycles. The third-order valence-corrected chi connectivity index (χ3v) is 3.08. The highest BCUT2D eigenvalue weighted by molar-refractivity contribution is 6.33. The molecule has 1 N–H and O–H groups in total. The van der Waals surface area contributed by atoms with Gasteiger partial charge in [-0.25, -0.2) is 0 Å². The number of nitro benzene ring substituents is 1. The van der Waals surface area contributed by atoms with E-state index >= 15 is 0 Å². The number of nitrogens with zero attached hydrogens (tertiary/aromatic N) is 2. The number of hydrogen-bond acceptors (Lipinski definition) is 4. The summed E-state index contributed by atoms with van der Waals surface area (Å²) in [6.45, 7) is 3.99. The Balaban J connectivity index is 3.09. The van der Waals surface area contributed by atoms with Crippen LogP contribution in [0.4, 0.5) is 5.69 Å². The van der Waals surface area contributed by atoms with E-state index in [4.69, 9.17) is 11.6 Å². The molecule has 0 heterocycles. The van der Waals surface area contributed by atoms with Gasteiger partial charge >= 0.3 is 5.69 Å². The van der Waals surface area contributed by atoms with Crippen molar-refractivity contribution in [2.45, 2.75) is 13.8 Å². The Morgan fingerprint density at radius 3 is 2.57 bits per heavy atom. The van der Waals surface area contributed by atoms with E-state index in [1.54, 1.807) is 13.8 Å². The maximum atomic E-state index is 12.4. The van der Waals surface area contributed by atoms with Gasteiger partial charge in [0.05, 0.1) is 11.5 Å². The van der Waals surface area contributed by atoms with E-state index in [0.29, 0.717) is 6.54 Å². The molecule has 0 saturated carbocycles. The maximum Gasteiger partial charge on any atom is 0.300 e. The standard InChI is InChI=1S/C13H16ClN3O4/c1-3-15-11(18)8-16(4-2)13(19)9-6-5-7-10(14)12(9)17(20)21/h5-7H,3-4,8H2,1-2H3,(H,15,18). The Kier molecular flexibility index (Phi) is 6.10. The number of carbonyl (C=O) groups is 2. The zero-order valence-corrected chi connectivity index (χ0v) is 12.5. The largest absolute Gasteiger partial charge is 0.355 e. The van der Waals surface area contributed by atoms with Crippen LogP contribution in [0.2, 0.25) is 5.02 Å². The van der Waals surface area contributed by atoms with Crippen molar-refractivity contribution in [1.29, 1.82) is 0 Å². The number of likely N-dealkylation sites (N-methyl/N-ethyl adjacent to an activating group) is 2. The summed E-state index contributed by atoms with van der Waals surface area (Å²) in [4.78, 5) is 35.5. The lowest BCUT2D eigenvalue weighted by Gasteiger charge is -2.20. The summed E-state index contributed by atoms with van der Waals surface area (Å²) in [5.74, 6) is -0.921.